The molecule has 2 aromatic heterocycles. The number of hydrogen-bond donors (Lipinski definition) is 2. The maximum atomic E-state index is 12.7. The number of H-pyrrole nitrogens is 1. The molecule has 210 valence electrons. The highest BCUT2D eigenvalue weighted by Crippen LogP contribution is 2.49. The number of fused-ring (bicyclic) bond motifs is 1. The lowest BCUT2D eigenvalue weighted by Crippen LogP contribution is -2.16. The molecular weight excluding hydrogens is 518 g/mol. The Morgan fingerprint density at radius 2 is 1.58 bits per heavy atom. The Bertz CT molecular complexity index is 1280. The van der Waals surface area contributed by atoms with E-state index in [1.165, 1.54) is 64.2 Å². The number of hydrogen-bond acceptors (Lipinski definition) is 4. The molecule has 9 heteroatoms. The predicted molar refractivity (Wildman–Crippen MR) is 157 cm³/mol. The first kappa shape index (κ1) is 28.9. The van der Waals surface area contributed by atoms with E-state index in [1.807, 2.05) is 12.1 Å². The number of benzene rings is 1. The molecule has 0 saturated heterocycles. The van der Waals surface area contributed by atoms with E-state index in [-0.39, 0.29) is 11.2 Å². The number of rotatable bonds is 18. The molecule has 0 radical (unpaired) electrons. The lowest BCUT2D eigenvalue weighted by Gasteiger charge is -2.09. The topological polar surface area (TPSA) is 92.1 Å². The molecule has 2 heterocycles. The van der Waals surface area contributed by atoms with Crippen LogP contribution in [0.2, 0.25) is 5.02 Å². The molecule has 0 spiro atoms. The first-order valence-corrected chi connectivity index (χ1v) is 16.6. The third-order valence-corrected chi connectivity index (χ3v) is 9.49. The molecule has 3 aromatic rings. The van der Waals surface area contributed by atoms with Gasteiger partial charge in [0.25, 0.3) is 0 Å². The van der Waals surface area contributed by atoms with E-state index in [4.69, 9.17) is 11.6 Å². The van der Waals surface area contributed by atoms with Gasteiger partial charge in [-0.05, 0) is 31.4 Å². The van der Waals surface area contributed by atoms with Crippen LogP contribution in [0, 0.1) is 0 Å². The van der Waals surface area contributed by atoms with Gasteiger partial charge in [0.2, 0.25) is 10.0 Å². The summed E-state index contributed by atoms with van der Waals surface area (Å²) in [4.78, 5) is 4.61. The van der Waals surface area contributed by atoms with Gasteiger partial charge < -0.3 is 0 Å². The fourth-order valence-corrected chi connectivity index (χ4v) is 6.59. The first-order valence-electron chi connectivity index (χ1n) is 14.6. The Morgan fingerprint density at radius 1 is 0.974 bits per heavy atom. The summed E-state index contributed by atoms with van der Waals surface area (Å²) < 4.78 is 29.7. The highest BCUT2D eigenvalue weighted by molar-refractivity contribution is 7.92. The average Bonchev–Trinajstić information content (AvgIpc) is 3.35. The summed E-state index contributed by atoms with van der Waals surface area (Å²) >= 11 is 6.58. The molecule has 1 aromatic carbocycles. The third kappa shape index (κ3) is 7.98. The molecule has 1 aliphatic carbocycles. The quantitative estimate of drug-likeness (QED) is 0.153. The van der Waals surface area contributed by atoms with Gasteiger partial charge in [0.1, 0.15) is 5.02 Å². The molecule has 2 N–H and O–H groups in total. The fraction of sp³-hybridized carbons (Fsp3) is 0.655. The Hall–Kier alpha value is -2.06. The molecule has 0 bridgehead atoms. The van der Waals surface area contributed by atoms with Crippen molar-refractivity contribution in [2.75, 3.05) is 10.5 Å². The van der Waals surface area contributed by atoms with Gasteiger partial charge in [0.15, 0.2) is 11.5 Å². The summed E-state index contributed by atoms with van der Waals surface area (Å²) in [5.41, 5.74) is 2.92. The van der Waals surface area contributed by atoms with Crippen LogP contribution in [0.15, 0.2) is 24.3 Å². The van der Waals surface area contributed by atoms with Gasteiger partial charge in [-0.1, -0.05) is 115 Å². The van der Waals surface area contributed by atoms with E-state index in [0.717, 1.165) is 36.9 Å². The van der Waals surface area contributed by atoms with Crippen molar-refractivity contribution in [1.82, 2.24) is 19.8 Å². The first-order chi connectivity index (χ1) is 18.3. The highest BCUT2D eigenvalue weighted by atomic mass is 35.5. The van der Waals surface area contributed by atoms with Crippen molar-refractivity contribution in [3.63, 3.8) is 0 Å². The van der Waals surface area contributed by atoms with Crippen LogP contribution in [0.5, 0.6) is 0 Å². The van der Waals surface area contributed by atoms with Crippen molar-refractivity contribution in [3.8, 4) is 11.4 Å². The van der Waals surface area contributed by atoms with Crippen LogP contribution in [0.25, 0.3) is 17.0 Å². The smallest absolute Gasteiger partial charge is 0.232 e. The van der Waals surface area contributed by atoms with Crippen LogP contribution >= 0.6 is 11.6 Å². The molecule has 1 saturated carbocycles. The molecule has 4 rings (SSSR count). The maximum absolute atomic E-state index is 12.7. The number of nitrogens with zero attached hydrogens (tertiary/aromatic N) is 3. The number of aromatic nitrogens is 4. The number of nitrogens with one attached hydrogen (secondary N) is 2. The average molecular weight is 562 g/mol. The van der Waals surface area contributed by atoms with Crippen LogP contribution in [0.3, 0.4) is 0 Å². The van der Waals surface area contributed by atoms with Crippen molar-refractivity contribution in [3.05, 3.63) is 35.0 Å². The molecule has 38 heavy (non-hydrogen) atoms. The molecular formula is C29H44ClN5O2S. The summed E-state index contributed by atoms with van der Waals surface area (Å²) in [5.74, 6) is 0.640. The Kier molecular flexibility index (Phi) is 10.2. The molecule has 7 nitrogen and oxygen atoms in total. The molecule has 0 aliphatic heterocycles. The molecule has 1 aliphatic rings. The second kappa shape index (κ2) is 13.3. The summed E-state index contributed by atoms with van der Waals surface area (Å²) in [6.45, 7) is 4.44. The summed E-state index contributed by atoms with van der Waals surface area (Å²) in [6, 6.07) is 7.21. The zero-order valence-electron chi connectivity index (χ0n) is 23.1. The number of anilines is 1. The highest BCUT2D eigenvalue weighted by Gasteiger charge is 2.43. The second-order valence-corrected chi connectivity index (χ2v) is 13.5. The minimum atomic E-state index is -3.41. The van der Waals surface area contributed by atoms with Gasteiger partial charge in [-0.15, -0.1) is 5.10 Å². The van der Waals surface area contributed by atoms with Crippen LogP contribution in [0.4, 0.5) is 5.69 Å². The van der Waals surface area contributed by atoms with E-state index >= 15 is 0 Å². The SMILES string of the molecule is CCCCCCCCCCCCCCCS(=O)(=O)Nc1cccc(-c2nc3c(Cl)c(C4(C)CC4)[nH]n3n2)c1. The zero-order valence-corrected chi connectivity index (χ0v) is 24.6. The Labute approximate surface area is 233 Å². The van der Waals surface area contributed by atoms with Crippen molar-refractivity contribution >= 4 is 33.0 Å². The van der Waals surface area contributed by atoms with Gasteiger partial charge in [-0.25, -0.2) is 13.4 Å². The Balaban J connectivity index is 1.17. The number of unbranched alkanes of at least 4 members (excludes halogenated alkanes) is 12. The van der Waals surface area contributed by atoms with Gasteiger partial charge >= 0.3 is 0 Å². The van der Waals surface area contributed by atoms with Gasteiger partial charge in [-0.2, -0.15) is 4.63 Å². The summed E-state index contributed by atoms with van der Waals surface area (Å²) in [5, 5.41) is 8.43. The van der Waals surface area contributed by atoms with E-state index in [1.54, 1.807) is 16.8 Å². The third-order valence-electron chi connectivity index (χ3n) is 7.75. The predicted octanol–water partition coefficient (Wildman–Crippen LogP) is 8.26. The standard InChI is InChI=1S/C29H44ClN5O2S/c1-3-4-5-6-7-8-9-10-11-12-13-14-15-21-38(36,37)34-24-18-16-17-23(22-24)27-31-28-25(30)26(29(2)19-20-29)32-35(28)33-27/h16-18,22,32,34H,3-15,19-21H2,1-2H3. The van der Waals surface area contributed by atoms with Crippen molar-refractivity contribution < 1.29 is 8.42 Å². The van der Waals surface area contributed by atoms with Crippen molar-refractivity contribution in [2.45, 2.75) is 116 Å². The number of aromatic amines is 1. The van der Waals surface area contributed by atoms with Crippen LogP contribution in [0.1, 0.15) is 116 Å². The van der Waals surface area contributed by atoms with Crippen molar-refractivity contribution in [1.29, 1.82) is 0 Å². The van der Waals surface area contributed by atoms with Crippen LogP contribution in [-0.2, 0) is 15.4 Å². The number of halogens is 1. The largest absolute Gasteiger partial charge is 0.284 e. The fourth-order valence-electron chi connectivity index (χ4n) is 5.02. The summed E-state index contributed by atoms with van der Waals surface area (Å²) in [7, 11) is -3.41. The van der Waals surface area contributed by atoms with Gasteiger partial charge in [0, 0.05) is 16.7 Å². The summed E-state index contributed by atoms with van der Waals surface area (Å²) in [6.07, 6.45) is 18.2. The van der Waals surface area contributed by atoms with E-state index in [0.29, 0.717) is 28.6 Å². The lowest BCUT2D eigenvalue weighted by molar-refractivity contribution is 0.541. The molecule has 1 fully saturated rings. The minimum absolute atomic E-state index is 0.0884. The lowest BCUT2D eigenvalue weighted by atomic mass is 10.1. The van der Waals surface area contributed by atoms with E-state index in [2.05, 4.69) is 33.8 Å². The molecule has 0 atom stereocenters. The van der Waals surface area contributed by atoms with Gasteiger partial charge in [0.05, 0.1) is 11.4 Å². The maximum Gasteiger partial charge on any atom is 0.232 e. The monoisotopic (exact) mass is 561 g/mol. The normalized spacial score (nSPS) is 14.8. The Morgan fingerprint density at radius 3 is 2.16 bits per heavy atom. The van der Waals surface area contributed by atoms with Crippen LogP contribution < -0.4 is 4.72 Å². The minimum Gasteiger partial charge on any atom is -0.284 e. The number of sulfonamides is 1. The van der Waals surface area contributed by atoms with E-state index < -0.39 is 10.0 Å². The van der Waals surface area contributed by atoms with Crippen LogP contribution in [-0.4, -0.2) is 34.0 Å². The van der Waals surface area contributed by atoms with Crippen molar-refractivity contribution in [2.24, 2.45) is 0 Å². The molecule has 0 unspecified atom stereocenters. The van der Waals surface area contributed by atoms with Gasteiger partial charge in [-0.3, -0.25) is 9.82 Å². The second-order valence-electron chi connectivity index (χ2n) is 11.3. The zero-order chi connectivity index (χ0) is 27.0. The van der Waals surface area contributed by atoms with E-state index in [9.17, 15) is 8.42 Å². The molecule has 0 amide bonds.